The SMILES string of the molecule is CC(NS(=O)(=O)c1ccc2c(c1)OCCCO2)C(=O)Nc1ccc(-c2cn3ccsc3n2)cc1. The minimum Gasteiger partial charge on any atom is -0.490 e. The summed E-state index contributed by atoms with van der Waals surface area (Å²) in [6.07, 6.45) is 4.60. The van der Waals surface area contributed by atoms with Crippen LogP contribution in [0.1, 0.15) is 13.3 Å². The fraction of sp³-hybridized carbons (Fsp3) is 0.217. The highest BCUT2D eigenvalue weighted by Crippen LogP contribution is 2.32. The van der Waals surface area contributed by atoms with Crippen LogP contribution in [0.15, 0.2) is 65.1 Å². The number of nitrogens with one attached hydrogen (secondary N) is 2. The number of nitrogens with zero attached hydrogens (tertiary/aromatic N) is 2. The molecule has 0 bridgehead atoms. The fourth-order valence-electron chi connectivity index (χ4n) is 3.51. The summed E-state index contributed by atoms with van der Waals surface area (Å²) in [5.41, 5.74) is 2.30. The standard InChI is InChI=1S/C23H22N4O5S2/c1-15(26-34(29,30)18-7-8-20-21(13-18)32-11-2-10-31-20)22(28)24-17-5-3-16(4-6-17)19-14-27-9-12-33-23(27)25-19/h3-9,12-15,26H,2,10-11H2,1H3,(H,24,28). The van der Waals surface area contributed by atoms with Crippen molar-refractivity contribution in [1.29, 1.82) is 0 Å². The second kappa shape index (κ2) is 9.09. The van der Waals surface area contributed by atoms with Crippen LogP contribution in [0, 0.1) is 0 Å². The lowest BCUT2D eigenvalue weighted by Crippen LogP contribution is -2.41. The Morgan fingerprint density at radius 2 is 1.88 bits per heavy atom. The number of carbonyl (C=O) groups is 1. The van der Waals surface area contributed by atoms with E-state index in [-0.39, 0.29) is 4.90 Å². The lowest BCUT2D eigenvalue weighted by molar-refractivity contribution is -0.117. The van der Waals surface area contributed by atoms with Crippen LogP contribution in [-0.2, 0) is 14.8 Å². The average Bonchev–Trinajstić information content (AvgIpc) is 3.34. The summed E-state index contributed by atoms with van der Waals surface area (Å²) >= 11 is 1.55. The topological polar surface area (TPSA) is 111 Å². The van der Waals surface area contributed by atoms with E-state index in [4.69, 9.17) is 9.47 Å². The van der Waals surface area contributed by atoms with Gasteiger partial charge in [0.15, 0.2) is 16.5 Å². The summed E-state index contributed by atoms with van der Waals surface area (Å²) in [5.74, 6) is 0.393. The maximum Gasteiger partial charge on any atom is 0.242 e. The van der Waals surface area contributed by atoms with Gasteiger partial charge < -0.3 is 14.8 Å². The van der Waals surface area contributed by atoms with Crippen LogP contribution in [0.4, 0.5) is 5.69 Å². The zero-order chi connectivity index (χ0) is 23.7. The van der Waals surface area contributed by atoms with Gasteiger partial charge in [0.05, 0.1) is 29.8 Å². The number of amides is 1. The van der Waals surface area contributed by atoms with Gasteiger partial charge in [-0.05, 0) is 31.2 Å². The Balaban J connectivity index is 1.24. The molecule has 4 aromatic rings. The number of ether oxygens (including phenoxy) is 2. The van der Waals surface area contributed by atoms with Crippen molar-refractivity contribution in [1.82, 2.24) is 14.1 Å². The Morgan fingerprint density at radius 1 is 1.12 bits per heavy atom. The van der Waals surface area contributed by atoms with E-state index in [1.165, 1.54) is 19.1 Å². The third-order valence-electron chi connectivity index (χ3n) is 5.30. The number of rotatable bonds is 6. The molecule has 176 valence electrons. The van der Waals surface area contributed by atoms with Crippen LogP contribution in [0.5, 0.6) is 11.5 Å². The molecule has 1 unspecified atom stereocenters. The molecule has 1 aliphatic rings. The number of fused-ring (bicyclic) bond motifs is 2. The summed E-state index contributed by atoms with van der Waals surface area (Å²) < 4.78 is 41.1. The summed E-state index contributed by atoms with van der Waals surface area (Å²) in [4.78, 5) is 18.1. The largest absolute Gasteiger partial charge is 0.490 e. The van der Waals surface area contributed by atoms with Gasteiger partial charge >= 0.3 is 0 Å². The molecule has 9 nitrogen and oxygen atoms in total. The summed E-state index contributed by atoms with van der Waals surface area (Å²) in [6, 6.07) is 10.6. The van der Waals surface area contributed by atoms with E-state index in [0.29, 0.717) is 36.8 Å². The van der Waals surface area contributed by atoms with Gasteiger partial charge in [-0.25, -0.2) is 13.4 Å². The molecule has 0 aliphatic carbocycles. The van der Waals surface area contributed by atoms with E-state index in [2.05, 4.69) is 15.0 Å². The van der Waals surface area contributed by atoms with Crippen LogP contribution < -0.4 is 19.5 Å². The normalized spacial score (nSPS) is 14.5. The predicted molar refractivity (Wildman–Crippen MR) is 129 cm³/mol. The van der Waals surface area contributed by atoms with Gasteiger partial charge in [0, 0.05) is 41.5 Å². The Hall–Kier alpha value is -3.41. The third-order valence-corrected chi connectivity index (χ3v) is 7.61. The second-order valence-electron chi connectivity index (χ2n) is 7.79. The highest BCUT2D eigenvalue weighted by molar-refractivity contribution is 7.89. The van der Waals surface area contributed by atoms with Gasteiger partial charge in [-0.1, -0.05) is 12.1 Å². The minimum atomic E-state index is -3.95. The first kappa shape index (κ1) is 22.4. The molecular weight excluding hydrogens is 476 g/mol. The number of benzene rings is 2. The van der Waals surface area contributed by atoms with Crippen LogP contribution in [0.3, 0.4) is 0 Å². The van der Waals surface area contributed by atoms with Crippen LogP contribution in [0.2, 0.25) is 0 Å². The molecule has 0 fully saturated rings. The molecule has 2 aromatic carbocycles. The van der Waals surface area contributed by atoms with Gasteiger partial charge in [0.1, 0.15) is 0 Å². The Labute approximate surface area is 200 Å². The van der Waals surface area contributed by atoms with E-state index < -0.39 is 22.0 Å². The average molecular weight is 499 g/mol. The number of sulfonamides is 1. The molecule has 2 aromatic heterocycles. The van der Waals surface area contributed by atoms with Gasteiger partial charge in [0.2, 0.25) is 15.9 Å². The highest BCUT2D eigenvalue weighted by atomic mass is 32.2. The van der Waals surface area contributed by atoms with E-state index in [9.17, 15) is 13.2 Å². The molecule has 0 saturated heterocycles. The van der Waals surface area contributed by atoms with Crippen LogP contribution in [0.25, 0.3) is 16.2 Å². The fourth-order valence-corrected chi connectivity index (χ4v) is 5.42. The van der Waals surface area contributed by atoms with E-state index in [1.54, 1.807) is 29.5 Å². The first-order chi connectivity index (χ1) is 16.4. The number of hydrogen-bond acceptors (Lipinski definition) is 7. The van der Waals surface area contributed by atoms with E-state index in [0.717, 1.165) is 16.2 Å². The molecular formula is C23H22N4O5S2. The smallest absolute Gasteiger partial charge is 0.242 e. The molecule has 5 rings (SSSR count). The molecule has 0 spiro atoms. The molecule has 34 heavy (non-hydrogen) atoms. The number of thiazole rings is 1. The monoisotopic (exact) mass is 498 g/mol. The quantitative estimate of drug-likeness (QED) is 0.421. The molecule has 3 heterocycles. The van der Waals surface area contributed by atoms with Crippen molar-refractivity contribution in [2.75, 3.05) is 18.5 Å². The summed E-state index contributed by atoms with van der Waals surface area (Å²) in [5, 5.41) is 4.71. The van der Waals surface area contributed by atoms with Gasteiger partial charge in [-0.3, -0.25) is 9.20 Å². The first-order valence-corrected chi connectivity index (χ1v) is 13.0. The lowest BCUT2D eigenvalue weighted by Gasteiger charge is -2.15. The van der Waals surface area contributed by atoms with Crippen molar-refractivity contribution >= 4 is 37.9 Å². The van der Waals surface area contributed by atoms with Crippen molar-refractivity contribution in [3.8, 4) is 22.8 Å². The van der Waals surface area contributed by atoms with Gasteiger partial charge in [-0.15, -0.1) is 11.3 Å². The van der Waals surface area contributed by atoms with E-state index >= 15 is 0 Å². The summed E-state index contributed by atoms with van der Waals surface area (Å²) in [7, 11) is -3.95. The first-order valence-electron chi connectivity index (χ1n) is 10.6. The number of anilines is 1. The van der Waals surface area contributed by atoms with Crippen LogP contribution in [-0.4, -0.2) is 43.0 Å². The van der Waals surface area contributed by atoms with E-state index in [1.807, 2.05) is 34.3 Å². The molecule has 1 amide bonds. The number of imidazole rings is 1. The molecule has 1 aliphatic heterocycles. The zero-order valence-electron chi connectivity index (χ0n) is 18.2. The molecule has 0 radical (unpaired) electrons. The van der Waals surface area contributed by atoms with Gasteiger partial charge in [0.25, 0.3) is 0 Å². The number of carbonyl (C=O) groups excluding carboxylic acids is 1. The van der Waals surface area contributed by atoms with Crippen molar-refractivity contribution in [2.45, 2.75) is 24.3 Å². The number of hydrogen-bond donors (Lipinski definition) is 2. The molecule has 0 saturated carbocycles. The van der Waals surface area contributed by atoms with Crippen LogP contribution >= 0.6 is 11.3 Å². The third kappa shape index (κ3) is 4.63. The minimum absolute atomic E-state index is 0.000672. The zero-order valence-corrected chi connectivity index (χ0v) is 19.9. The maximum atomic E-state index is 12.8. The molecule has 2 N–H and O–H groups in total. The Bertz CT molecular complexity index is 1420. The lowest BCUT2D eigenvalue weighted by atomic mass is 10.1. The Morgan fingerprint density at radius 3 is 2.65 bits per heavy atom. The predicted octanol–water partition coefficient (Wildman–Crippen LogP) is 3.53. The maximum absolute atomic E-state index is 12.8. The van der Waals surface area contributed by atoms with Gasteiger partial charge in [-0.2, -0.15) is 4.72 Å². The second-order valence-corrected chi connectivity index (χ2v) is 10.4. The molecule has 11 heteroatoms. The van der Waals surface area contributed by atoms with Crippen molar-refractivity contribution in [2.24, 2.45) is 0 Å². The van der Waals surface area contributed by atoms with Crippen molar-refractivity contribution in [3.63, 3.8) is 0 Å². The summed E-state index contributed by atoms with van der Waals surface area (Å²) in [6.45, 7) is 2.44. The number of aromatic nitrogens is 2. The Kier molecular flexibility index (Phi) is 5.98. The van der Waals surface area contributed by atoms with Crippen molar-refractivity contribution in [3.05, 3.63) is 60.2 Å². The molecule has 1 atom stereocenters. The van der Waals surface area contributed by atoms with Crippen molar-refractivity contribution < 1.29 is 22.7 Å². The highest BCUT2D eigenvalue weighted by Gasteiger charge is 2.24.